The van der Waals surface area contributed by atoms with Crippen molar-refractivity contribution in [3.8, 4) is 5.75 Å². The molecule has 2 rings (SSSR count). The van der Waals surface area contributed by atoms with Crippen LogP contribution in [0.4, 0.5) is 0 Å². The van der Waals surface area contributed by atoms with Crippen molar-refractivity contribution < 1.29 is 4.43 Å². The highest BCUT2D eigenvalue weighted by molar-refractivity contribution is 7.13. The van der Waals surface area contributed by atoms with E-state index in [1.807, 2.05) is 24.4 Å². The zero-order chi connectivity index (χ0) is 14.5. The lowest BCUT2D eigenvalue weighted by molar-refractivity contribution is 0.564. The number of hydrogen-bond donors (Lipinski definition) is 0. The molecule has 0 bridgehead atoms. The van der Waals surface area contributed by atoms with E-state index in [9.17, 15) is 0 Å². The van der Waals surface area contributed by atoms with Crippen molar-refractivity contribution in [3.05, 3.63) is 51.7 Å². The summed E-state index contributed by atoms with van der Waals surface area (Å²) in [7, 11) is -1.09. The van der Waals surface area contributed by atoms with E-state index in [0.29, 0.717) is 0 Å². The first-order valence-electron chi connectivity index (χ1n) is 6.91. The highest BCUT2D eigenvalue weighted by atomic mass is 32.1. The number of rotatable bonds is 5. The fraction of sp³-hybridized carbons (Fsp3) is 0.312. The Bertz CT molecular complexity index is 592. The lowest BCUT2D eigenvalue weighted by Crippen LogP contribution is -2.13. The summed E-state index contributed by atoms with van der Waals surface area (Å²) in [5.74, 6) is 0.987. The molecule has 1 aromatic carbocycles. The highest BCUT2D eigenvalue weighted by Crippen LogP contribution is 2.28. The molecule has 1 atom stereocenters. The molecule has 0 saturated carbocycles. The van der Waals surface area contributed by atoms with Gasteiger partial charge in [0.05, 0.1) is 6.04 Å². The second-order valence-electron chi connectivity index (χ2n) is 5.11. The van der Waals surface area contributed by atoms with Crippen LogP contribution in [0.1, 0.15) is 28.3 Å². The Morgan fingerprint density at radius 3 is 2.60 bits per heavy atom. The zero-order valence-corrected chi connectivity index (χ0v) is 14.4. The predicted octanol–water partition coefficient (Wildman–Crippen LogP) is 4.60. The number of thiophene rings is 1. The summed E-state index contributed by atoms with van der Waals surface area (Å²) < 4.78 is 5.99. The van der Waals surface area contributed by atoms with Crippen molar-refractivity contribution in [2.75, 3.05) is 0 Å². The van der Waals surface area contributed by atoms with Crippen LogP contribution in [-0.2, 0) is 0 Å². The van der Waals surface area contributed by atoms with E-state index in [2.05, 4.69) is 50.1 Å². The molecule has 0 radical (unpaired) electrons. The quantitative estimate of drug-likeness (QED) is 0.584. The molecule has 0 amide bonds. The van der Waals surface area contributed by atoms with E-state index < -0.39 is 9.04 Å². The largest absolute Gasteiger partial charge is 0.547 e. The van der Waals surface area contributed by atoms with E-state index >= 15 is 0 Å². The number of para-hydroxylation sites is 1. The normalized spacial score (nSPS) is 13.1. The van der Waals surface area contributed by atoms with Crippen LogP contribution in [0.3, 0.4) is 0 Å². The second kappa shape index (κ2) is 6.86. The molecular formula is C16H21NOSSi. The minimum Gasteiger partial charge on any atom is -0.547 e. The number of hydrogen-bond acceptors (Lipinski definition) is 3. The van der Waals surface area contributed by atoms with Crippen LogP contribution in [0.15, 0.2) is 41.4 Å². The van der Waals surface area contributed by atoms with Gasteiger partial charge in [-0.3, -0.25) is 4.99 Å². The van der Waals surface area contributed by atoms with Crippen molar-refractivity contribution >= 4 is 26.6 Å². The Labute approximate surface area is 126 Å². The van der Waals surface area contributed by atoms with Gasteiger partial charge in [0.1, 0.15) is 5.75 Å². The van der Waals surface area contributed by atoms with Crippen molar-refractivity contribution in [2.24, 2.45) is 4.99 Å². The Kier molecular flexibility index (Phi) is 5.15. The first kappa shape index (κ1) is 15.0. The molecule has 2 nitrogen and oxygen atoms in total. The van der Waals surface area contributed by atoms with Gasteiger partial charge in [0.25, 0.3) is 0 Å². The fourth-order valence-corrected chi connectivity index (χ4v) is 3.46. The topological polar surface area (TPSA) is 21.6 Å². The lowest BCUT2D eigenvalue weighted by Gasteiger charge is -2.16. The van der Waals surface area contributed by atoms with Crippen molar-refractivity contribution in [1.29, 1.82) is 0 Å². The van der Waals surface area contributed by atoms with Gasteiger partial charge in [-0.25, -0.2) is 0 Å². The van der Waals surface area contributed by atoms with E-state index in [4.69, 9.17) is 4.43 Å². The molecule has 1 unspecified atom stereocenters. The Hall–Kier alpha value is -1.39. The third kappa shape index (κ3) is 4.05. The zero-order valence-electron chi connectivity index (χ0n) is 12.5. The van der Waals surface area contributed by atoms with Crippen LogP contribution in [0.5, 0.6) is 5.75 Å². The summed E-state index contributed by atoms with van der Waals surface area (Å²) in [6, 6.07) is 12.6. The Morgan fingerprint density at radius 2 is 1.95 bits per heavy atom. The average Bonchev–Trinajstić information content (AvgIpc) is 2.82. The summed E-state index contributed by atoms with van der Waals surface area (Å²) in [6.45, 7) is 8.58. The van der Waals surface area contributed by atoms with Crippen LogP contribution in [0.25, 0.3) is 0 Å². The third-order valence-corrected chi connectivity index (χ3v) is 4.58. The predicted molar refractivity (Wildman–Crippen MR) is 91.0 cm³/mol. The molecule has 2 aromatic rings. The third-order valence-electron chi connectivity index (χ3n) is 2.92. The van der Waals surface area contributed by atoms with E-state index in [-0.39, 0.29) is 6.04 Å². The summed E-state index contributed by atoms with van der Waals surface area (Å²) in [5.41, 5.74) is 1.17. The smallest absolute Gasteiger partial charge is 0.229 e. The summed E-state index contributed by atoms with van der Waals surface area (Å²) in [6.07, 6.45) is 1.96. The van der Waals surface area contributed by atoms with Gasteiger partial charge in [0.2, 0.25) is 9.04 Å². The molecule has 0 spiro atoms. The maximum Gasteiger partial charge on any atom is 0.229 e. The maximum atomic E-state index is 5.99. The molecule has 1 heterocycles. The number of benzene rings is 1. The molecular weight excluding hydrogens is 282 g/mol. The van der Waals surface area contributed by atoms with Gasteiger partial charge in [-0.15, -0.1) is 11.3 Å². The molecule has 106 valence electrons. The molecule has 1 aromatic heterocycles. The van der Waals surface area contributed by atoms with Crippen molar-refractivity contribution in [3.63, 3.8) is 0 Å². The maximum absolute atomic E-state index is 5.99. The van der Waals surface area contributed by atoms with Crippen molar-refractivity contribution in [1.82, 2.24) is 0 Å². The van der Waals surface area contributed by atoms with Gasteiger partial charge in [-0.2, -0.15) is 0 Å². The minimum atomic E-state index is -1.09. The molecule has 0 aliphatic heterocycles. The summed E-state index contributed by atoms with van der Waals surface area (Å²) >= 11 is 1.77. The number of aryl methyl sites for hydroxylation is 1. The van der Waals surface area contributed by atoms with Gasteiger partial charge in [0.15, 0.2) is 0 Å². The van der Waals surface area contributed by atoms with E-state index in [1.54, 1.807) is 11.3 Å². The number of aliphatic imine (C=N–C) groups is 1. The SMILES string of the molecule is Cc1ccc(C=NC(C)c2ccccc2O[SiH](C)C)s1. The van der Waals surface area contributed by atoms with Crippen LogP contribution in [-0.4, -0.2) is 15.3 Å². The van der Waals surface area contributed by atoms with E-state index in [0.717, 1.165) is 5.75 Å². The van der Waals surface area contributed by atoms with Crippen LogP contribution in [0, 0.1) is 6.92 Å². The van der Waals surface area contributed by atoms with E-state index in [1.165, 1.54) is 15.3 Å². The molecule has 0 aliphatic carbocycles. The standard InChI is InChI=1S/C16H21NOSSi/c1-12-9-10-14(19-12)11-17-13(2)15-7-5-6-8-16(15)18-20(3)4/h5-11,13,20H,1-4H3. The lowest BCUT2D eigenvalue weighted by atomic mass is 10.1. The van der Waals surface area contributed by atoms with Gasteiger partial charge in [-0.05, 0) is 45.1 Å². The Morgan fingerprint density at radius 1 is 1.20 bits per heavy atom. The van der Waals surface area contributed by atoms with Crippen LogP contribution >= 0.6 is 11.3 Å². The summed E-state index contributed by atoms with van der Waals surface area (Å²) in [4.78, 5) is 7.18. The van der Waals surface area contributed by atoms with Crippen LogP contribution < -0.4 is 4.43 Å². The fourth-order valence-electron chi connectivity index (χ4n) is 1.98. The summed E-state index contributed by atoms with van der Waals surface area (Å²) in [5, 5.41) is 0. The average molecular weight is 304 g/mol. The molecule has 0 fully saturated rings. The molecule has 0 saturated heterocycles. The molecule has 0 N–H and O–H groups in total. The van der Waals surface area contributed by atoms with Crippen molar-refractivity contribution in [2.45, 2.75) is 33.0 Å². The van der Waals surface area contributed by atoms with Gasteiger partial charge >= 0.3 is 0 Å². The van der Waals surface area contributed by atoms with Crippen LogP contribution in [0.2, 0.25) is 13.1 Å². The first-order chi connectivity index (χ1) is 9.56. The minimum absolute atomic E-state index is 0.112. The first-order valence-corrected chi connectivity index (χ1v) is 10.5. The van der Waals surface area contributed by atoms with Gasteiger partial charge < -0.3 is 4.43 Å². The van der Waals surface area contributed by atoms with Gasteiger partial charge in [0, 0.05) is 21.5 Å². The monoisotopic (exact) mass is 303 g/mol. The Balaban J connectivity index is 2.16. The highest BCUT2D eigenvalue weighted by Gasteiger charge is 2.11. The molecule has 20 heavy (non-hydrogen) atoms. The molecule has 4 heteroatoms. The molecule has 0 aliphatic rings. The van der Waals surface area contributed by atoms with Gasteiger partial charge in [-0.1, -0.05) is 18.2 Å². The second-order valence-corrected chi connectivity index (χ2v) is 8.76. The number of nitrogens with zero attached hydrogens (tertiary/aromatic N) is 1.